The summed E-state index contributed by atoms with van der Waals surface area (Å²) in [7, 11) is -3.19. The maximum atomic E-state index is 12.5. The minimum atomic E-state index is -3.19. The Balaban J connectivity index is 1.63. The smallest absolute Gasteiger partial charge is 0.264 e. The van der Waals surface area contributed by atoms with Crippen molar-refractivity contribution in [3.8, 4) is 5.75 Å². The van der Waals surface area contributed by atoms with E-state index >= 15 is 0 Å². The standard InChI is InChI=1S/C14H17ClN2O4S/c1-22(19,20)17-6-4-16(5-7-17)14(18)13-9-10-8-11(15)2-3-12(10)21-13/h2-3,8,13H,4-7,9H2,1H3/t13-/m0/s1. The Hall–Kier alpha value is -1.31. The summed E-state index contributed by atoms with van der Waals surface area (Å²) >= 11 is 5.94. The fraction of sp³-hybridized carbons (Fsp3) is 0.500. The molecule has 1 amide bonds. The van der Waals surface area contributed by atoms with Crippen LogP contribution in [0.3, 0.4) is 0 Å². The molecule has 2 aliphatic rings. The van der Waals surface area contributed by atoms with Crippen LogP contribution in [0.25, 0.3) is 0 Å². The van der Waals surface area contributed by atoms with E-state index in [-0.39, 0.29) is 5.91 Å². The summed E-state index contributed by atoms with van der Waals surface area (Å²) < 4.78 is 30.0. The fourth-order valence-corrected chi connectivity index (χ4v) is 3.82. The van der Waals surface area contributed by atoms with Crippen LogP contribution in [0.1, 0.15) is 5.56 Å². The highest BCUT2D eigenvalue weighted by molar-refractivity contribution is 7.88. The zero-order chi connectivity index (χ0) is 15.9. The number of rotatable bonds is 2. The molecule has 0 aromatic heterocycles. The summed E-state index contributed by atoms with van der Waals surface area (Å²) in [6, 6.07) is 5.32. The lowest BCUT2D eigenvalue weighted by Gasteiger charge is -2.34. The number of carbonyl (C=O) groups is 1. The first-order chi connectivity index (χ1) is 10.3. The number of nitrogens with zero attached hydrogens (tertiary/aromatic N) is 2. The maximum Gasteiger partial charge on any atom is 0.264 e. The van der Waals surface area contributed by atoms with Gasteiger partial charge in [-0.15, -0.1) is 0 Å². The van der Waals surface area contributed by atoms with E-state index in [1.54, 1.807) is 17.0 Å². The minimum absolute atomic E-state index is 0.0968. The van der Waals surface area contributed by atoms with Gasteiger partial charge in [-0.3, -0.25) is 4.79 Å². The summed E-state index contributed by atoms with van der Waals surface area (Å²) in [4.78, 5) is 14.2. The van der Waals surface area contributed by atoms with Crippen molar-refractivity contribution in [3.05, 3.63) is 28.8 Å². The first-order valence-electron chi connectivity index (χ1n) is 7.03. The molecule has 1 aromatic rings. The van der Waals surface area contributed by atoms with Gasteiger partial charge in [0.15, 0.2) is 6.10 Å². The lowest BCUT2D eigenvalue weighted by Crippen LogP contribution is -2.53. The molecule has 2 heterocycles. The van der Waals surface area contributed by atoms with E-state index in [4.69, 9.17) is 16.3 Å². The van der Waals surface area contributed by atoms with Gasteiger partial charge >= 0.3 is 0 Å². The Morgan fingerprint density at radius 3 is 2.59 bits per heavy atom. The highest BCUT2D eigenvalue weighted by atomic mass is 35.5. The Bertz CT molecular complexity index is 699. The monoisotopic (exact) mass is 344 g/mol. The molecule has 0 aliphatic carbocycles. The van der Waals surface area contributed by atoms with E-state index in [1.165, 1.54) is 10.6 Å². The predicted molar refractivity (Wildman–Crippen MR) is 82.6 cm³/mol. The summed E-state index contributed by atoms with van der Waals surface area (Å²) in [6.07, 6.45) is 1.14. The van der Waals surface area contributed by atoms with E-state index < -0.39 is 16.1 Å². The van der Waals surface area contributed by atoms with Gasteiger partial charge in [0, 0.05) is 37.6 Å². The fourth-order valence-electron chi connectivity index (χ4n) is 2.80. The molecule has 2 aliphatic heterocycles. The zero-order valence-electron chi connectivity index (χ0n) is 12.2. The molecular weight excluding hydrogens is 328 g/mol. The second-order valence-electron chi connectivity index (χ2n) is 5.55. The SMILES string of the molecule is CS(=O)(=O)N1CCN(C(=O)[C@@H]2Cc3cc(Cl)ccc3O2)CC1. The van der Waals surface area contributed by atoms with Crippen LogP contribution in [0.2, 0.25) is 5.02 Å². The molecule has 3 rings (SSSR count). The lowest BCUT2D eigenvalue weighted by molar-refractivity contribution is -0.139. The van der Waals surface area contributed by atoms with Crippen molar-refractivity contribution in [2.45, 2.75) is 12.5 Å². The number of fused-ring (bicyclic) bond motifs is 1. The molecule has 6 nitrogen and oxygen atoms in total. The van der Waals surface area contributed by atoms with Crippen molar-refractivity contribution >= 4 is 27.5 Å². The summed E-state index contributed by atoms with van der Waals surface area (Å²) in [5, 5.41) is 0.622. The van der Waals surface area contributed by atoms with Crippen LogP contribution in [0.15, 0.2) is 18.2 Å². The molecule has 1 aromatic carbocycles. The predicted octanol–water partition coefficient (Wildman–Crippen LogP) is 0.747. The van der Waals surface area contributed by atoms with Gasteiger partial charge in [-0.1, -0.05) is 11.6 Å². The molecule has 0 spiro atoms. The van der Waals surface area contributed by atoms with Crippen molar-refractivity contribution in [1.82, 2.24) is 9.21 Å². The number of benzene rings is 1. The van der Waals surface area contributed by atoms with Gasteiger partial charge in [-0.2, -0.15) is 4.31 Å². The molecule has 8 heteroatoms. The van der Waals surface area contributed by atoms with Crippen molar-refractivity contribution in [2.24, 2.45) is 0 Å². The second-order valence-corrected chi connectivity index (χ2v) is 7.97. The second kappa shape index (κ2) is 5.72. The van der Waals surface area contributed by atoms with Gasteiger partial charge < -0.3 is 9.64 Å². The topological polar surface area (TPSA) is 66.9 Å². The Morgan fingerprint density at radius 1 is 1.27 bits per heavy atom. The third-order valence-electron chi connectivity index (χ3n) is 3.99. The third-order valence-corrected chi connectivity index (χ3v) is 5.53. The van der Waals surface area contributed by atoms with E-state index in [9.17, 15) is 13.2 Å². The van der Waals surface area contributed by atoms with E-state index in [1.807, 2.05) is 6.07 Å². The Morgan fingerprint density at radius 2 is 1.95 bits per heavy atom. The van der Waals surface area contributed by atoms with Crippen molar-refractivity contribution in [2.75, 3.05) is 32.4 Å². The van der Waals surface area contributed by atoms with Gasteiger partial charge in [0.2, 0.25) is 10.0 Å². The lowest BCUT2D eigenvalue weighted by atomic mass is 10.1. The number of piperazine rings is 1. The average molecular weight is 345 g/mol. The van der Waals surface area contributed by atoms with Crippen molar-refractivity contribution in [3.63, 3.8) is 0 Å². The first-order valence-corrected chi connectivity index (χ1v) is 9.26. The van der Waals surface area contributed by atoms with Crippen LogP contribution in [0.5, 0.6) is 5.75 Å². The number of ether oxygens (including phenoxy) is 1. The number of hydrogen-bond donors (Lipinski definition) is 0. The zero-order valence-corrected chi connectivity index (χ0v) is 13.7. The minimum Gasteiger partial charge on any atom is -0.480 e. The molecule has 1 saturated heterocycles. The van der Waals surface area contributed by atoms with Gasteiger partial charge in [-0.25, -0.2) is 8.42 Å². The largest absolute Gasteiger partial charge is 0.480 e. The van der Waals surface area contributed by atoms with Crippen LogP contribution in [0, 0.1) is 0 Å². The molecule has 0 radical (unpaired) electrons. The van der Waals surface area contributed by atoms with E-state index in [0.717, 1.165) is 5.56 Å². The van der Waals surface area contributed by atoms with Crippen LogP contribution >= 0.6 is 11.6 Å². The molecule has 0 N–H and O–H groups in total. The highest BCUT2D eigenvalue weighted by Crippen LogP contribution is 2.31. The Kier molecular flexibility index (Phi) is 4.05. The van der Waals surface area contributed by atoms with Gasteiger partial charge in [-0.05, 0) is 23.8 Å². The quantitative estimate of drug-likeness (QED) is 0.794. The van der Waals surface area contributed by atoms with Crippen LogP contribution in [-0.2, 0) is 21.2 Å². The van der Waals surface area contributed by atoms with Gasteiger partial charge in [0.05, 0.1) is 6.26 Å². The van der Waals surface area contributed by atoms with E-state index in [2.05, 4.69) is 0 Å². The van der Waals surface area contributed by atoms with E-state index in [0.29, 0.717) is 43.4 Å². The molecule has 22 heavy (non-hydrogen) atoms. The number of sulfonamides is 1. The molecule has 0 saturated carbocycles. The van der Waals surface area contributed by atoms with Crippen LogP contribution < -0.4 is 4.74 Å². The molecule has 0 unspecified atom stereocenters. The van der Waals surface area contributed by atoms with Gasteiger partial charge in [0.25, 0.3) is 5.91 Å². The van der Waals surface area contributed by atoms with Gasteiger partial charge in [0.1, 0.15) is 5.75 Å². The number of halogens is 1. The highest BCUT2D eigenvalue weighted by Gasteiger charge is 2.34. The first kappa shape index (κ1) is 15.6. The number of amides is 1. The molecule has 1 atom stereocenters. The van der Waals surface area contributed by atoms with Crippen LogP contribution in [-0.4, -0.2) is 62.1 Å². The summed E-state index contributed by atoms with van der Waals surface area (Å²) in [5.74, 6) is 0.595. The Labute approximate surface area is 134 Å². The molecule has 120 valence electrons. The van der Waals surface area contributed by atoms with Crippen molar-refractivity contribution < 1.29 is 17.9 Å². The summed E-state index contributed by atoms with van der Waals surface area (Å²) in [5.41, 5.74) is 0.931. The van der Waals surface area contributed by atoms with Crippen molar-refractivity contribution in [1.29, 1.82) is 0 Å². The molecular formula is C14H17ClN2O4S. The maximum absolute atomic E-state index is 12.5. The molecule has 0 bridgehead atoms. The third kappa shape index (κ3) is 3.06. The normalized spacial score (nSPS) is 22.3. The number of carbonyl (C=O) groups excluding carboxylic acids is 1. The summed E-state index contributed by atoms with van der Waals surface area (Å²) in [6.45, 7) is 1.44. The molecule has 1 fully saturated rings. The average Bonchev–Trinajstić information content (AvgIpc) is 2.88. The number of hydrogen-bond acceptors (Lipinski definition) is 4. The van der Waals surface area contributed by atoms with Crippen LogP contribution in [0.4, 0.5) is 0 Å².